The fourth-order valence-corrected chi connectivity index (χ4v) is 2.50. The monoisotopic (exact) mass is 358 g/mol. The van der Waals surface area contributed by atoms with Crippen molar-refractivity contribution in [1.82, 2.24) is 10.8 Å². The second kappa shape index (κ2) is 11.7. The number of nitrogens with one attached hydrogen (secondary N) is 2. The fraction of sp³-hybridized carbons (Fsp3) is 0.895. The van der Waals surface area contributed by atoms with Gasteiger partial charge in [0, 0.05) is 38.8 Å². The Morgan fingerprint density at radius 1 is 0.880 bits per heavy atom. The van der Waals surface area contributed by atoms with Crippen molar-refractivity contribution in [2.24, 2.45) is 10.8 Å². The van der Waals surface area contributed by atoms with Gasteiger partial charge in [0.2, 0.25) is 0 Å². The molecular weight excluding hydrogens is 320 g/mol. The Hall–Kier alpha value is -0.820. The molecular formula is C19H38N2O4. The van der Waals surface area contributed by atoms with Gasteiger partial charge in [0.1, 0.15) is 17.8 Å². The molecule has 6 nitrogen and oxygen atoms in total. The summed E-state index contributed by atoms with van der Waals surface area (Å²) in [6.45, 7) is 10.9. The van der Waals surface area contributed by atoms with Crippen LogP contribution in [0.1, 0.15) is 79.6 Å². The van der Waals surface area contributed by atoms with Gasteiger partial charge in [-0.2, -0.15) is 0 Å². The molecule has 0 aliphatic carbocycles. The van der Waals surface area contributed by atoms with Crippen LogP contribution >= 0.6 is 0 Å². The number of ketones is 2. The van der Waals surface area contributed by atoms with Gasteiger partial charge in [-0.15, -0.1) is 0 Å². The number of aliphatic hydroxyl groups excluding tert-OH is 1. The lowest BCUT2D eigenvalue weighted by Gasteiger charge is -2.25. The molecule has 25 heavy (non-hydrogen) atoms. The minimum atomic E-state index is -0.542. The van der Waals surface area contributed by atoms with Gasteiger partial charge in [0.25, 0.3) is 0 Å². The van der Waals surface area contributed by atoms with Crippen LogP contribution in [0.3, 0.4) is 0 Å². The minimum Gasteiger partial charge on any atom is -0.379 e. The first-order chi connectivity index (χ1) is 11.5. The number of aliphatic hydroxyl groups is 1. The van der Waals surface area contributed by atoms with E-state index in [0.29, 0.717) is 45.2 Å². The summed E-state index contributed by atoms with van der Waals surface area (Å²) >= 11 is 0. The first-order valence-electron chi connectivity index (χ1n) is 9.29. The molecule has 0 aromatic carbocycles. The topological polar surface area (TPSA) is 98.7 Å². The quantitative estimate of drug-likeness (QED) is 0.265. The maximum Gasteiger partial charge on any atom is 0.132 e. The summed E-state index contributed by atoms with van der Waals surface area (Å²) in [6.07, 6.45) is 3.45. The van der Waals surface area contributed by atoms with E-state index in [0.717, 1.165) is 12.8 Å². The molecule has 0 fully saturated rings. The van der Waals surface area contributed by atoms with E-state index in [1.54, 1.807) is 6.92 Å². The maximum absolute atomic E-state index is 12.0. The highest BCUT2D eigenvalue weighted by molar-refractivity contribution is 5.81. The van der Waals surface area contributed by atoms with E-state index in [9.17, 15) is 14.7 Å². The first-order valence-corrected chi connectivity index (χ1v) is 9.29. The predicted octanol–water partition coefficient (Wildman–Crippen LogP) is 2.81. The fourth-order valence-electron chi connectivity index (χ4n) is 2.50. The number of carbonyl (C=O) groups is 2. The van der Waals surface area contributed by atoms with Crippen molar-refractivity contribution in [2.75, 3.05) is 13.1 Å². The molecule has 0 radical (unpaired) electrons. The predicted molar refractivity (Wildman–Crippen MR) is 99.4 cm³/mol. The van der Waals surface area contributed by atoms with Gasteiger partial charge >= 0.3 is 0 Å². The Morgan fingerprint density at radius 2 is 1.32 bits per heavy atom. The number of rotatable bonds is 15. The second-order valence-corrected chi connectivity index (χ2v) is 8.65. The van der Waals surface area contributed by atoms with Crippen LogP contribution in [-0.2, 0) is 9.59 Å². The normalized spacial score (nSPS) is 13.7. The highest BCUT2D eigenvalue weighted by Gasteiger charge is 2.20. The largest absolute Gasteiger partial charge is 0.379 e. The third kappa shape index (κ3) is 14.1. The molecule has 148 valence electrons. The average Bonchev–Trinajstić information content (AvgIpc) is 2.49. The molecule has 0 saturated carbocycles. The van der Waals surface area contributed by atoms with E-state index in [1.165, 1.54) is 0 Å². The van der Waals surface area contributed by atoms with Crippen LogP contribution in [0.15, 0.2) is 0 Å². The second-order valence-electron chi connectivity index (χ2n) is 8.65. The molecule has 4 N–H and O–H groups in total. The molecule has 0 aromatic rings. The summed E-state index contributed by atoms with van der Waals surface area (Å²) in [4.78, 5) is 23.9. The van der Waals surface area contributed by atoms with Crippen LogP contribution in [0.4, 0.5) is 0 Å². The number of hydroxylamine groups is 1. The molecule has 1 atom stereocenters. The molecule has 0 aliphatic heterocycles. The van der Waals surface area contributed by atoms with Crippen molar-refractivity contribution in [2.45, 2.75) is 85.8 Å². The van der Waals surface area contributed by atoms with Crippen molar-refractivity contribution in [1.29, 1.82) is 0 Å². The summed E-state index contributed by atoms with van der Waals surface area (Å²) < 4.78 is 0. The summed E-state index contributed by atoms with van der Waals surface area (Å²) in [5, 5.41) is 21.0. The third-order valence-corrected chi connectivity index (χ3v) is 4.51. The van der Waals surface area contributed by atoms with Crippen molar-refractivity contribution in [3.8, 4) is 0 Å². The Labute approximate surface area is 152 Å². The average molecular weight is 359 g/mol. The van der Waals surface area contributed by atoms with E-state index in [4.69, 9.17) is 5.21 Å². The van der Waals surface area contributed by atoms with Crippen LogP contribution in [0.2, 0.25) is 0 Å². The smallest absolute Gasteiger partial charge is 0.132 e. The van der Waals surface area contributed by atoms with Crippen LogP contribution in [0.5, 0.6) is 0 Å². The summed E-state index contributed by atoms with van der Waals surface area (Å²) in [5.74, 6) is 0.378. The van der Waals surface area contributed by atoms with Crippen LogP contribution in [0, 0.1) is 10.8 Å². The zero-order valence-electron chi connectivity index (χ0n) is 16.7. The van der Waals surface area contributed by atoms with Crippen molar-refractivity contribution in [3.63, 3.8) is 0 Å². The van der Waals surface area contributed by atoms with Gasteiger partial charge in [-0.1, -0.05) is 27.7 Å². The molecule has 0 aromatic heterocycles. The van der Waals surface area contributed by atoms with Gasteiger partial charge < -0.3 is 10.3 Å². The number of Topliss-reactive ketones (excluding diaryl/α,β-unsaturated/α-hetero) is 2. The van der Waals surface area contributed by atoms with E-state index in [2.05, 4.69) is 24.6 Å². The van der Waals surface area contributed by atoms with E-state index in [-0.39, 0.29) is 22.4 Å². The van der Waals surface area contributed by atoms with Crippen molar-refractivity contribution < 1.29 is 19.9 Å². The molecule has 0 aliphatic rings. The van der Waals surface area contributed by atoms with Gasteiger partial charge in [0.15, 0.2) is 0 Å². The van der Waals surface area contributed by atoms with Crippen LogP contribution in [-0.4, -0.2) is 41.2 Å². The first kappa shape index (κ1) is 24.2. The molecule has 0 spiro atoms. The number of carbonyl (C=O) groups excluding carboxylic acids is 2. The zero-order valence-corrected chi connectivity index (χ0v) is 16.7. The molecule has 1 unspecified atom stereocenters. The highest BCUT2D eigenvalue weighted by atomic mass is 16.5. The number of hydrogen-bond donors (Lipinski definition) is 4. The zero-order chi connectivity index (χ0) is 19.5. The Kier molecular flexibility index (Phi) is 11.3. The standard InChI is InChI=1S/C19H38N2O4/c1-15(22)20-13-18(2,3)11-9-16(23)7-6-8-17(24)10-12-19(4,5)14-21-25/h15,20-22,25H,6-14H2,1-5H3. The Balaban J connectivity index is 3.90. The lowest BCUT2D eigenvalue weighted by Crippen LogP contribution is -2.35. The van der Waals surface area contributed by atoms with Gasteiger partial charge in [-0.3, -0.25) is 14.9 Å². The maximum atomic E-state index is 12.0. The molecule has 0 amide bonds. The minimum absolute atomic E-state index is 0.0468. The SMILES string of the molecule is CC(O)NCC(C)(C)CCC(=O)CCCC(=O)CCC(C)(C)CNO. The van der Waals surface area contributed by atoms with Gasteiger partial charge in [-0.25, -0.2) is 5.48 Å². The van der Waals surface area contributed by atoms with Crippen LogP contribution < -0.4 is 10.8 Å². The van der Waals surface area contributed by atoms with E-state index < -0.39 is 6.23 Å². The third-order valence-electron chi connectivity index (χ3n) is 4.51. The highest BCUT2D eigenvalue weighted by Crippen LogP contribution is 2.23. The van der Waals surface area contributed by atoms with Crippen LogP contribution in [0.25, 0.3) is 0 Å². The van der Waals surface area contributed by atoms with Gasteiger partial charge in [0.05, 0.1) is 0 Å². The van der Waals surface area contributed by atoms with Crippen molar-refractivity contribution >= 4 is 11.6 Å². The summed E-state index contributed by atoms with van der Waals surface area (Å²) in [7, 11) is 0. The molecule has 0 heterocycles. The Morgan fingerprint density at radius 3 is 1.72 bits per heavy atom. The lowest BCUT2D eigenvalue weighted by molar-refractivity contribution is -0.121. The molecule has 0 saturated heterocycles. The van der Waals surface area contributed by atoms with E-state index in [1.807, 2.05) is 13.8 Å². The summed E-state index contributed by atoms with van der Waals surface area (Å²) in [5.41, 5.74) is 1.99. The van der Waals surface area contributed by atoms with Crippen molar-refractivity contribution in [3.05, 3.63) is 0 Å². The Bertz CT molecular complexity index is 406. The van der Waals surface area contributed by atoms with E-state index >= 15 is 0 Å². The molecule has 0 bridgehead atoms. The van der Waals surface area contributed by atoms with Gasteiger partial charge in [-0.05, 0) is 37.0 Å². The summed E-state index contributed by atoms with van der Waals surface area (Å²) in [6, 6.07) is 0. The molecule has 6 heteroatoms. The molecule has 0 rings (SSSR count). The lowest BCUT2D eigenvalue weighted by atomic mass is 9.85. The number of hydrogen-bond acceptors (Lipinski definition) is 6.